The topological polar surface area (TPSA) is 113 Å². The fourth-order valence-electron chi connectivity index (χ4n) is 3.42. The number of H-pyrrole nitrogens is 1. The van der Waals surface area contributed by atoms with Crippen LogP contribution >= 0.6 is 0 Å². The molecule has 3 rings (SSSR count). The molecule has 1 aliphatic rings. The van der Waals surface area contributed by atoms with Gasteiger partial charge in [-0.3, -0.25) is 4.79 Å². The minimum atomic E-state index is -0.370. The molecule has 1 aliphatic heterocycles. The molecule has 4 N–H and O–H groups in total. The molecular weight excluding hydrogens is 394 g/mol. The molecule has 1 aromatic heterocycles. The number of carbonyl (C=O) groups excluding carboxylic acids is 2. The highest BCUT2D eigenvalue weighted by Gasteiger charge is 2.25. The molecule has 0 fully saturated rings. The number of hydrogen-bond donors (Lipinski definition) is 3. The zero-order chi connectivity index (χ0) is 22.5. The lowest BCUT2D eigenvalue weighted by Crippen LogP contribution is -2.20. The first kappa shape index (κ1) is 22.3. The van der Waals surface area contributed by atoms with Gasteiger partial charge in [0.25, 0.3) is 5.91 Å². The van der Waals surface area contributed by atoms with Crippen molar-refractivity contribution in [2.45, 2.75) is 26.7 Å². The first-order valence-corrected chi connectivity index (χ1v) is 10.2. The number of aromatic amines is 1. The highest BCUT2D eigenvalue weighted by molar-refractivity contribution is 6.27. The van der Waals surface area contributed by atoms with Crippen LogP contribution in [0.4, 0.5) is 5.69 Å². The average molecular weight is 424 g/mol. The van der Waals surface area contributed by atoms with Gasteiger partial charge >= 0.3 is 5.97 Å². The van der Waals surface area contributed by atoms with Crippen LogP contribution in [-0.2, 0) is 16.0 Å². The van der Waals surface area contributed by atoms with Crippen LogP contribution in [0.1, 0.15) is 39.3 Å². The number of hydrazone groups is 1. The fraction of sp³-hybridized carbons (Fsp3) is 0.348. The van der Waals surface area contributed by atoms with Gasteiger partial charge in [0.2, 0.25) is 0 Å². The number of aromatic nitrogens is 1. The number of nitrogens with one attached hydrogen (secondary N) is 2. The van der Waals surface area contributed by atoms with Gasteiger partial charge in [0.15, 0.2) is 0 Å². The predicted octanol–water partition coefficient (Wildman–Crippen LogP) is 2.43. The van der Waals surface area contributed by atoms with Crippen LogP contribution in [0.5, 0.6) is 0 Å². The number of nitrogens with two attached hydrogens (primary N) is 1. The molecule has 0 atom stereocenters. The second kappa shape index (κ2) is 9.61. The van der Waals surface area contributed by atoms with E-state index in [1.165, 1.54) is 0 Å². The number of rotatable bonds is 8. The van der Waals surface area contributed by atoms with Gasteiger partial charge < -0.3 is 20.4 Å². The first-order valence-electron chi connectivity index (χ1n) is 10.2. The zero-order valence-electron chi connectivity index (χ0n) is 18.4. The number of anilines is 1. The summed E-state index contributed by atoms with van der Waals surface area (Å²) in [5.74, 6) is -0.625. The Morgan fingerprint density at radius 3 is 2.58 bits per heavy atom. The molecule has 1 amide bonds. The number of aryl methyl sites for hydroxylation is 2. The summed E-state index contributed by atoms with van der Waals surface area (Å²) in [5, 5.41) is 4.19. The lowest BCUT2D eigenvalue weighted by Gasteiger charge is -2.10. The number of benzene rings is 1. The summed E-state index contributed by atoms with van der Waals surface area (Å²) < 4.78 is 5.39. The molecule has 0 aliphatic carbocycles. The van der Waals surface area contributed by atoms with E-state index >= 15 is 0 Å². The molecule has 8 nitrogen and oxygen atoms in total. The van der Waals surface area contributed by atoms with E-state index in [9.17, 15) is 9.59 Å². The highest BCUT2D eigenvalue weighted by Crippen LogP contribution is 2.23. The quantitative estimate of drug-likeness (QED) is 0.343. The summed E-state index contributed by atoms with van der Waals surface area (Å²) in [6, 6.07) is 7.65. The molecule has 0 spiro atoms. The fourth-order valence-corrected chi connectivity index (χ4v) is 3.42. The van der Waals surface area contributed by atoms with Crippen molar-refractivity contribution in [3.63, 3.8) is 0 Å². The lowest BCUT2D eigenvalue weighted by atomic mass is 10.0. The van der Waals surface area contributed by atoms with Gasteiger partial charge in [-0.25, -0.2) is 10.2 Å². The van der Waals surface area contributed by atoms with E-state index in [2.05, 4.69) is 15.5 Å². The van der Waals surface area contributed by atoms with E-state index in [4.69, 9.17) is 10.5 Å². The minimum absolute atomic E-state index is 0.255. The second-order valence-corrected chi connectivity index (χ2v) is 7.90. The van der Waals surface area contributed by atoms with Gasteiger partial charge in [-0.2, -0.15) is 5.10 Å². The summed E-state index contributed by atoms with van der Waals surface area (Å²) >= 11 is 0. The van der Waals surface area contributed by atoms with Crippen molar-refractivity contribution in [3.05, 3.63) is 57.9 Å². The number of likely N-dealkylation sites (N-methyl/N-ethyl adjacent to an activating group) is 1. The van der Waals surface area contributed by atoms with Gasteiger partial charge in [0, 0.05) is 23.6 Å². The van der Waals surface area contributed by atoms with Gasteiger partial charge in [-0.15, -0.1) is 0 Å². The molecule has 0 unspecified atom stereocenters. The van der Waals surface area contributed by atoms with E-state index in [0.717, 1.165) is 17.5 Å². The van der Waals surface area contributed by atoms with Gasteiger partial charge in [0.05, 0.1) is 16.8 Å². The Balaban J connectivity index is 1.76. The molecule has 0 radical (unpaired) electrons. The van der Waals surface area contributed by atoms with Gasteiger partial charge in [-0.05, 0) is 70.1 Å². The van der Waals surface area contributed by atoms with Crippen molar-refractivity contribution in [1.82, 2.24) is 15.3 Å². The maximum atomic E-state index is 12.5. The van der Waals surface area contributed by atoms with Crippen LogP contribution < -0.4 is 11.2 Å². The van der Waals surface area contributed by atoms with E-state index < -0.39 is 0 Å². The molecule has 1 aromatic carbocycles. The lowest BCUT2D eigenvalue weighted by molar-refractivity contribution is -0.116. The molecule has 8 heteroatoms. The van der Waals surface area contributed by atoms with Gasteiger partial charge in [-0.1, -0.05) is 12.1 Å². The zero-order valence-corrected chi connectivity index (χ0v) is 18.4. The van der Waals surface area contributed by atoms with Crippen LogP contribution in [0.25, 0.3) is 6.08 Å². The average Bonchev–Trinajstić information content (AvgIpc) is 3.20. The predicted molar refractivity (Wildman–Crippen MR) is 122 cm³/mol. The number of esters is 1. The Morgan fingerprint density at radius 2 is 1.90 bits per heavy atom. The van der Waals surface area contributed by atoms with Crippen LogP contribution in [-0.4, -0.2) is 54.7 Å². The smallest absolute Gasteiger partial charge is 0.340 e. The number of nitrogen functional groups attached to an aromatic ring is 1. The number of ether oxygens (including phenoxy) is 1. The summed E-state index contributed by atoms with van der Waals surface area (Å²) in [7, 11) is 3.84. The minimum Gasteiger partial charge on any atom is -0.461 e. The van der Waals surface area contributed by atoms with E-state index in [1.807, 2.05) is 57.1 Å². The number of amides is 1. The third-order valence-corrected chi connectivity index (χ3v) is 5.22. The number of carbonyl (C=O) groups is 2. The standard InChI is InChI=1S/C23H29N5O3/c1-14-20(25-15(2)21(14)23(30)31-12-11-28(3)4)13-18-19(26-27-22(18)29)10-7-16-5-8-17(24)9-6-16/h5-6,8-9,13,25H,7,10-12,24H2,1-4H3,(H,27,29). The normalized spacial score (nSPS) is 14.8. The van der Waals surface area contributed by atoms with E-state index in [0.29, 0.717) is 53.5 Å². The number of hydrogen-bond acceptors (Lipinski definition) is 6. The molecule has 0 saturated heterocycles. The van der Waals surface area contributed by atoms with Crippen LogP contribution in [0.3, 0.4) is 0 Å². The molecule has 31 heavy (non-hydrogen) atoms. The Kier molecular flexibility index (Phi) is 6.91. The van der Waals surface area contributed by atoms with Crippen molar-refractivity contribution >= 4 is 29.4 Å². The molecule has 164 valence electrons. The summed E-state index contributed by atoms with van der Waals surface area (Å²) in [6.45, 7) is 4.63. The molecular formula is C23H29N5O3. The maximum absolute atomic E-state index is 12.5. The highest BCUT2D eigenvalue weighted by atomic mass is 16.5. The van der Waals surface area contributed by atoms with Crippen molar-refractivity contribution in [2.24, 2.45) is 5.10 Å². The second-order valence-electron chi connectivity index (χ2n) is 7.90. The Morgan fingerprint density at radius 1 is 1.19 bits per heavy atom. The Labute approximate surface area is 182 Å². The van der Waals surface area contributed by atoms with Crippen LogP contribution in [0.2, 0.25) is 0 Å². The Hall–Kier alpha value is -3.39. The monoisotopic (exact) mass is 423 g/mol. The van der Waals surface area contributed by atoms with Crippen LogP contribution in [0, 0.1) is 13.8 Å². The third-order valence-electron chi connectivity index (χ3n) is 5.22. The summed E-state index contributed by atoms with van der Waals surface area (Å²) in [6.07, 6.45) is 3.09. The molecule has 0 saturated carbocycles. The van der Waals surface area contributed by atoms with Crippen molar-refractivity contribution < 1.29 is 14.3 Å². The van der Waals surface area contributed by atoms with Crippen molar-refractivity contribution in [3.8, 4) is 0 Å². The van der Waals surface area contributed by atoms with Gasteiger partial charge in [0.1, 0.15) is 6.61 Å². The third kappa shape index (κ3) is 5.40. The molecule has 2 heterocycles. The van der Waals surface area contributed by atoms with E-state index in [-0.39, 0.29) is 11.9 Å². The van der Waals surface area contributed by atoms with E-state index in [1.54, 1.807) is 6.08 Å². The Bertz CT molecular complexity index is 1030. The largest absolute Gasteiger partial charge is 0.461 e. The van der Waals surface area contributed by atoms with Crippen molar-refractivity contribution in [1.29, 1.82) is 0 Å². The van der Waals surface area contributed by atoms with Crippen LogP contribution in [0.15, 0.2) is 34.9 Å². The van der Waals surface area contributed by atoms with Crippen molar-refractivity contribution in [2.75, 3.05) is 33.0 Å². The summed E-state index contributed by atoms with van der Waals surface area (Å²) in [5.41, 5.74) is 13.9. The molecule has 2 aromatic rings. The first-order chi connectivity index (χ1) is 14.8. The SMILES string of the molecule is Cc1[nH]c(C=C2C(=O)NN=C2CCc2ccc(N)cc2)c(C)c1C(=O)OCCN(C)C. The summed E-state index contributed by atoms with van der Waals surface area (Å²) in [4.78, 5) is 30.1. The molecule has 0 bridgehead atoms. The number of nitrogens with zero attached hydrogens (tertiary/aromatic N) is 2. The maximum Gasteiger partial charge on any atom is 0.340 e.